The van der Waals surface area contributed by atoms with E-state index in [-0.39, 0.29) is 5.37 Å². The first-order valence-corrected chi connectivity index (χ1v) is 7.47. The van der Waals surface area contributed by atoms with Gasteiger partial charge in [0, 0.05) is 24.1 Å². The molecule has 1 fully saturated rings. The fraction of sp³-hybridized carbons (Fsp3) is 0.417. The second-order valence-electron chi connectivity index (χ2n) is 4.48. The number of benzene rings is 1. The third-order valence-corrected chi connectivity index (χ3v) is 4.92. The summed E-state index contributed by atoms with van der Waals surface area (Å²) in [6.07, 6.45) is 0. The molecule has 1 heterocycles. The van der Waals surface area contributed by atoms with Crippen molar-refractivity contribution < 1.29 is 15.2 Å². The van der Waals surface area contributed by atoms with Gasteiger partial charge in [-0.3, -0.25) is 0 Å². The molecule has 2 atom stereocenters. The SMILES string of the molecule is CN(C)c1ccc([C@@H]2[NH2+][C@@H](C(=O)[O-])CS2)cc1Br. The summed E-state index contributed by atoms with van der Waals surface area (Å²) in [7, 11) is 3.98. The minimum absolute atomic E-state index is 0.139. The number of quaternary nitrogens is 1. The first-order chi connectivity index (χ1) is 8.49. The van der Waals surface area contributed by atoms with E-state index in [0.29, 0.717) is 5.75 Å². The molecule has 1 aromatic carbocycles. The van der Waals surface area contributed by atoms with E-state index in [9.17, 15) is 9.90 Å². The van der Waals surface area contributed by atoms with Crippen molar-refractivity contribution in [3.8, 4) is 0 Å². The Balaban J connectivity index is 2.16. The molecule has 0 spiro atoms. The molecule has 0 saturated carbocycles. The maximum absolute atomic E-state index is 10.8. The first kappa shape index (κ1) is 13.7. The Morgan fingerprint density at radius 2 is 2.28 bits per heavy atom. The minimum atomic E-state index is -0.978. The van der Waals surface area contributed by atoms with Gasteiger partial charge in [0.15, 0.2) is 5.37 Å². The first-order valence-electron chi connectivity index (χ1n) is 5.63. The average molecular weight is 331 g/mol. The van der Waals surface area contributed by atoms with Crippen LogP contribution in [0.3, 0.4) is 0 Å². The van der Waals surface area contributed by atoms with E-state index >= 15 is 0 Å². The lowest BCUT2D eigenvalue weighted by atomic mass is 10.2. The smallest absolute Gasteiger partial charge is 0.159 e. The number of hydrogen-bond acceptors (Lipinski definition) is 4. The van der Waals surface area contributed by atoms with Gasteiger partial charge in [-0.15, -0.1) is 0 Å². The predicted molar refractivity (Wildman–Crippen MR) is 74.4 cm³/mol. The van der Waals surface area contributed by atoms with Crippen molar-refractivity contribution in [1.29, 1.82) is 0 Å². The van der Waals surface area contributed by atoms with Crippen LogP contribution in [0.5, 0.6) is 0 Å². The fourth-order valence-corrected chi connectivity index (χ4v) is 4.00. The molecule has 2 rings (SSSR count). The lowest BCUT2D eigenvalue weighted by Gasteiger charge is -2.17. The van der Waals surface area contributed by atoms with Crippen LogP contribution in [-0.4, -0.2) is 31.9 Å². The molecule has 1 saturated heterocycles. The Kier molecular flexibility index (Phi) is 4.19. The van der Waals surface area contributed by atoms with Gasteiger partial charge in [0.25, 0.3) is 0 Å². The topological polar surface area (TPSA) is 60.0 Å². The molecule has 0 unspecified atom stereocenters. The third-order valence-electron chi connectivity index (χ3n) is 2.95. The zero-order valence-electron chi connectivity index (χ0n) is 10.2. The normalized spacial score (nSPS) is 23.1. The van der Waals surface area contributed by atoms with Crippen molar-refractivity contribution >= 4 is 39.3 Å². The van der Waals surface area contributed by atoms with E-state index in [1.165, 1.54) is 0 Å². The molecule has 1 aliphatic rings. The van der Waals surface area contributed by atoms with Crippen molar-refractivity contribution in [2.75, 3.05) is 24.7 Å². The highest BCUT2D eigenvalue weighted by atomic mass is 79.9. The van der Waals surface area contributed by atoms with E-state index in [1.807, 2.05) is 36.4 Å². The number of rotatable bonds is 3. The number of aliphatic carboxylic acids is 1. The van der Waals surface area contributed by atoms with Crippen LogP contribution in [0.15, 0.2) is 22.7 Å². The number of nitrogens with zero attached hydrogens (tertiary/aromatic N) is 1. The van der Waals surface area contributed by atoms with Crippen LogP contribution >= 0.6 is 27.7 Å². The van der Waals surface area contributed by atoms with Gasteiger partial charge in [-0.05, 0) is 28.1 Å². The molecule has 0 aromatic heterocycles. The second-order valence-corrected chi connectivity index (χ2v) is 6.51. The molecule has 18 heavy (non-hydrogen) atoms. The highest BCUT2D eigenvalue weighted by Gasteiger charge is 2.31. The van der Waals surface area contributed by atoms with Gasteiger partial charge in [-0.2, -0.15) is 0 Å². The van der Waals surface area contributed by atoms with Crippen LogP contribution in [0, 0.1) is 0 Å². The van der Waals surface area contributed by atoms with Crippen molar-refractivity contribution in [2.45, 2.75) is 11.4 Å². The van der Waals surface area contributed by atoms with Gasteiger partial charge >= 0.3 is 0 Å². The van der Waals surface area contributed by atoms with Gasteiger partial charge in [-0.25, -0.2) is 0 Å². The molecule has 0 aliphatic carbocycles. The standard InChI is InChI=1S/C12H15BrN2O2S/c1-15(2)10-4-3-7(5-8(10)13)11-14-9(6-18-11)12(16)17/h3-5,9,11,14H,6H2,1-2H3,(H,16,17)/t9-,11-/m1/s1. The molecular formula is C12H15BrN2O2S. The van der Waals surface area contributed by atoms with Crippen molar-refractivity contribution in [3.63, 3.8) is 0 Å². The minimum Gasteiger partial charge on any atom is -0.544 e. The number of hydrogen-bond donors (Lipinski definition) is 1. The van der Waals surface area contributed by atoms with Crippen molar-refractivity contribution in [2.24, 2.45) is 0 Å². The highest BCUT2D eigenvalue weighted by molar-refractivity contribution is 9.10. The summed E-state index contributed by atoms with van der Waals surface area (Å²) in [5, 5.41) is 12.8. The Labute approximate surface area is 119 Å². The summed E-state index contributed by atoms with van der Waals surface area (Å²) >= 11 is 5.19. The Bertz CT molecular complexity index is 467. The predicted octanol–water partition coefficient (Wildman–Crippen LogP) is -0.0576. The molecule has 1 aromatic rings. The van der Waals surface area contributed by atoms with E-state index in [0.717, 1.165) is 15.7 Å². The fourth-order valence-electron chi connectivity index (χ4n) is 1.95. The second kappa shape index (κ2) is 5.50. The molecule has 6 heteroatoms. The molecule has 98 valence electrons. The number of halogens is 1. The summed E-state index contributed by atoms with van der Waals surface area (Å²) in [5.74, 6) is -0.381. The number of nitrogens with two attached hydrogens (primary N) is 1. The van der Waals surface area contributed by atoms with Gasteiger partial charge in [-0.1, -0.05) is 17.8 Å². The zero-order valence-corrected chi connectivity index (χ0v) is 12.6. The van der Waals surface area contributed by atoms with Crippen LogP contribution in [-0.2, 0) is 4.79 Å². The van der Waals surface area contributed by atoms with Gasteiger partial charge in [0.2, 0.25) is 0 Å². The number of carboxylic acids is 1. The van der Waals surface area contributed by atoms with Crippen molar-refractivity contribution in [1.82, 2.24) is 0 Å². The lowest BCUT2D eigenvalue weighted by molar-refractivity contribution is -0.690. The van der Waals surface area contributed by atoms with Crippen LogP contribution in [0.2, 0.25) is 0 Å². The monoisotopic (exact) mass is 330 g/mol. The largest absolute Gasteiger partial charge is 0.544 e. The lowest BCUT2D eigenvalue weighted by Crippen LogP contribution is -2.90. The Morgan fingerprint density at radius 1 is 1.56 bits per heavy atom. The Hall–Kier alpha value is -0.720. The summed E-state index contributed by atoms with van der Waals surface area (Å²) in [6.45, 7) is 0. The molecule has 4 nitrogen and oxygen atoms in total. The number of carbonyl (C=O) groups excluding carboxylic acids is 1. The number of carbonyl (C=O) groups is 1. The maximum Gasteiger partial charge on any atom is 0.159 e. The van der Waals surface area contributed by atoms with Crippen LogP contribution in [0.4, 0.5) is 5.69 Å². The maximum atomic E-state index is 10.8. The highest BCUT2D eigenvalue weighted by Crippen LogP contribution is 2.32. The van der Waals surface area contributed by atoms with Crippen molar-refractivity contribution in [3.05, 3.63) is 28.2 Å². The van der Waals surface area contributed by atoms with Gasteiger partial charge in [0.1, 0.15) is 12.0 Å². The molecule has 0 radical (unpaired) electrons. The number of thioether (sulfide) groups is 1. The molecule has 0 amide bonds. The van der Waals surface area contributed by atoms with Gasteiger partial charge in [0.05, 0.1) is 11.4 Å². The quantitative estimate of drug-likeness (QED) is 0.843. The van der Waals surface area contributed by atoms with Crippen LogP contribution in [0.1, 0.15) is 10.9 Å². The molecule has 2 N–H and O–H groups in total. The van der Waals surface area contributed by atoms with Gasteiger partial charge < -0.3 is 20.1 Å². The van der Waals surface area contributed by atoms with E-state index in [4.69, 9.17) is 0 Å². The zero-order chi connectivity index (χ0) is 13.3. The summed E-state index contributed by atoms with van der Waals surface area (Å²) < 4.78 is 1.02. The Morgan fingerprint density at radius 3 is 2.78 bits per heavy atom. The summed E-state index contributed by atoms with van der Waals surface area (Å²) in [4.78, 5) is 12.8. The summed E-state index contributed by atoms with van der Waals surface area (Å²) in [6, 6.07) is 5.71. The average Bonchev–Trinajstić information content (AvgIpc) is 2.77. The van der Waals surface area contributed by atoms with Crippen LogP contribution in [0.25, 0.3) is 0 Å². The summed E-state index contributed by atoms with van der Waals surface area (Å²) in [5.41, 5.74) is 2.24. The van der Waals surface area contributed by atoms with Crippen LogP contribution < -0.4 is 15.3 Å². The molecular weight excluding hydrogens is 316 g/mol. The molecule has 0 bridgehead atoms. The van der Waals surface area contributed by atoms with E-state index in [2.05, 4.69) is 22.0 Å². The van der Waals surface area contributed by atoms with E-state index in [1.54, 1.807) is 11.8 Å². The van der Waals surface area contributed by atoms with E-state index < -0.39 is 12.0 Å². The number of anilines is 1. The third kappa shape index (κ3) is 2.81. The molecule has 1 aliphatic heterocycles. The number of carboxylic acid groups (broad SMARTS) is 1.